The number of carbonyl (C=O) groups excluding carboxylic acids is 2. The van der Waals surface area contributed by atoms with Crippen LogP contribution in [0.3, 0.4) is 0 Å². The summed E-state index contributed by atoms with van der Waals surface area (Å²) < 4.78 is 0. The average molecular weight is 244 g/mol. The van der Waals surface area contributed by atoms with Crippen molar-refractivity contribution in [1.82, 2.24) is 4.90 Å². The van der Waals surface area contributed by atoms with Crippen molar-refractivity contribution in [3.8, 4) is 0 Å². The van der Waals surface area contributed by atoms with Crippen LogP contribution in [-0.4, -0.2) is 23.3 Å². The Morgan fingerprint density at radius 2 is 1.47 bits per heavy atom. The van der Waals surface area contributed by atoms with Crippen molar-refractivity contribution in [1.29, 1.82) is 0 Å². The highest BCUT2D eigenvalue weighted by atomic mass is 35.5. The number of amides is 2. The molecule has 0 atom stereocenters. The van der Waals surface area contributed by atoms with Gasteiger partial charge in [0.15, 0.2) is 0 Å². The zero-order valence-electron chi connectivity index (χ0n) is 7.88. The number of carbonyl (C=O) groups is 2. The predicted molar refractivity (Wildman–Crippen MR) is 57.5 cm³/mol. The molecular weight excluding hydrogens is 237 g/mol. The SMILES string of the molecule is CCN1C(=O)c2c(Cl)ccc(Cl)c2C1=O. The molecule has 1 aromatic rings. The van der Waals surface area contributed by atoms with Crippen molar-refractivity contribution in [3.63, 3.8) is 0 Å². The highest BCUT2D eigenvalue weighted by Crippen LogP contribution is 2.33. The van der Waals surface area contributed by atoms with Gasteiger partial charge in [0.25, 0.3) is 11.8 Å². The van der Waals surface area contributed by atoms with Gasteiger partial charge in [-0.05, 0) is 19.1 Å². The first-order valence-electron chi connectivity index (χ1n) is 4.42. The van der Waals surface area contributed by atoms with E-state index in [-0.39, 0.29) is 33.0 Å². The van der Waals surface area contributed by atoms with Crippen LogP contribution in [0.15, 0.2) is 12.1 Å². The Hall–Kier alpha value is -1.06. The fourth-order valence-electron chi connectivity index (χ4n) is 1.62. The molecule has 0 fully saturated rings. The van der Waals surface area contributed by atoms with Crippen LogP contribution in [0.4, 0.5) is 0 Å². The van der Waals surface area contributed by atoms with Crippen LogP contribution in [0.25, 0.3) is 0 Å². The number of benzene rings is 1. The Morgan fingerprint density at radius 3 is 1.80 bits per heavy atom. The standard InChI is InChI=1S/C10H7Cl2NO2/c1-2-13-9(14)7-5(11)3-4-6(12)8(7)10(13)15/h3-4H,2H2,1H3. The molecule has 1 heterocycles. The first-order chi connectivity index (χ1) is 7.07. The zero-order chi connectivity index (χ0) is 11.2. The second-order valence-corrected chi connectivity index (χ2v) is 3.95. The lowest BCUT2D eigenvalue weighted by molar-refractivity contribution is 0.0663. The molecule has 0 bridgehead atoms. The molecule has 0 N–H and O–H groups in total. The highest BCUT2D eigenvalue weighted by molar-refractivity contribution is 6.41. The maximum absolute atomic E-state index is 11.8. The monoisotopic (exact) mass is 243 g/mol. The number of imide groups is 1. The van der Waals surface area contributed by atoms with Crippen LogP contribution in [0.5, 0.6) is 0 Å². The van der Waals surface area contributed by atoms with Gasteiger partial charge in [-0.3, -0.25) is 14.5 Å². The molecule has 5 heteroatoms. The summed E-state index contributed by atoms with van der Waals surface area (Å²) in [6.07, 6.45) is 0. The Morgan fingerprint density at radius 1 is 1.07 bits per heavy atom. The summed E-state index contributed by atoms with van der Waals surface area (Å²) in [7, 11) is 0. The molecular formula is C10H7Cl2NO2. The topological polar surface area (TPSA) is 37.4 Å². The third-order valence-corrected chi connectivity index (χ3v) is 2.97. The summed E-state index contributed by atoms with van der Waals surface area (Å²) in [6, 6.07) is 3.04. The molecule has 1 aliphatic heterocycles. The van der Waals surface area contributed by atoms with Crippen molar-refractivity contribution in [2.75, 3.05) is 6.54 Å². The minimum absolute atomic E-state index is 0.219. The molecule has 1 aliphatic rings. The lowest BCUT2D eigenvalue weighted by Gasteiger charge is -2.08. The van der Waals surface area contributed by atoms with Crippen LogP contribution in [0.2, 0.25) is 10.0 Å². The van der Waals surface area contributed by atoms with Crippen LogP contribution < -0.4 is 0 Å². The molecule has 2 rings (SSSR count). The molecule has 1 aromatic carbocycles. The van der Waals surface area contributed by atoms with Crippen molar-refractivity contribution < 1.29 is 9.59 Å². The van der Waals surface area contributed by atoms with Gasteiger partial charge in [-0.2, -0.15) is 0 Å². The largest absolute Gasteiger partial charge is 0.275 e. The molecule has 15 heavy (non-hydrogen) atoms. The maximum atomic E-state index is 11.8. The van der Waals surface area contributed by atoms with Gasteiger partial charge in [0.1, 0.15) is 0 Å². The maximum Gasteiger partial charge on any atom is 0.263 e. The zero-order valence-corrected chi connectivity index (χ0v) is 9.39. The number of hydrogen-bond donors (Lipinski definition) is 0. The smallest absolute Gasteiger partial charge is 0.263 e. The van der Waals surface area contributed by atoms with Crippen LogP contribution in [0, 0.1) is 0 Å². The first kappa shape index (κ1) is 10.5. The molecule has 0 saturated carbocycles. The van der Waals surface area contributed by atoms with Crippen molar-refractivity contribution >= 4 is 35.0 Å². The number of nitrogens with zero attached hydrogens (tertiary/aromatic N) is 1. The van der Waals surface area contributed by atoms with E-state index in [1.807, 2.05) is 0 Å². The van der Waals surface area contributed by atoms with E-state index in [2.05, 4.69) is 0 Å². The Labute approximate surface area is 96.6 Å². The second-order valence-electron chi connectivity index (χ2n) is 3.13. The summed E-state index contributed by atoms with van der Waals surface area (Å²) in [4.78, 5) is 24.7. The second kappa shape index (κ2) is 3.51. The van der Waals surface area contributed by atoms with E-state index < -0.39 is 0 Å². The number of hydrogen-bond acceptors (Lipinski definition) is 2. The van der Waals surface area contributed by atoms with Gasteiger partial charge < -0.3 is 0 Å². The van der Waals surface area contributed by atoms with Crippen molar-refractivity contribution in [3.05, 3.63) is 33.3 Å². The minimum Gasteiger partial charge on any atom is -0.275 e. The molecule has 0 saturated heterocycles. The Bertz CT molecular complexity index is 430. The summed E-state index contributed by atoms with van der Waals surface area (Å²) in [5, 5.41) is 0.535. The predicted octanol–water partition coefficient (Wildman–Crippen LogP) is 2.61. The van der Waals surface area contributed by atoms with Crippen LogP contribution in [0.1, 0.15) is 27.6 Å². The van der Waals surface area contributed by atoms with Gasteiger partial charge in [-0.15, -0.1) is 0 Å². The molecule has 78 valence electrons. The van der Waals surface area contributed by atoms with Crippen LogP contribution in [-0.2, 0) is 0 Å². The van der Waals surface area contributed by atoms with E-state index in [1.165, 1.54) is 12.1 Å². The molecule has 0 aliphatic carbocycles. The van der Waals surface area contributed by atoms with E-state index in [9.17, 15) is 9.59 Å². The minimum atomic E-state index is -0.370. The summed E-state index contributed by atoms with van der Waals surface area (Å²) in [5.41, 5.74) is 0.437. The van der Waals surface area contributed by atoms with Gasteiger partial charge >= 0.3 is 0 Å². The van der Waals surface area contributed by atoms with Gasteiger partial charge in [0.05, 0.1) is 21.2 Å². The van der Waals surface area contributed by atoms with Gasteiger partial charge in [-0.25, -0.2) is 0 Å². The molecule has 0 spiro atoms. The fraction of sp³-hybridized carbons (Fsp3) is 0.200. The van der Waals surface area contributed by atoms with E-state index in [0.29, 0.717) is 6.54 Å². The highest BCUT2D eigenvalue weighted by Gasteiger charge is 2.37. The molecule has 3 nitrogen and oxygen atoms in total. The van der Waals surface area contributed by atoms with Gasteiger partial charge in [-0.1, -0.05) is 23.2 Å². The van der Waals surface area contributed by atoms with E-state index in [1.54, 1.807) is 6.92 Å². The quantitative estimate of drug-likeness (QED) is 0.712. The summed E-state index contributed by atoms with van der Waals surface area (Å²) in [5.74, 6) is -0.741. The lowest BCUT2D eigenvalue weighted by Crippen LogP contribution is -2.29. The van der Waals surface area contributed by atoms with E-state index in [4.69, 9.17) is 23.2 Å². The average Bonchev–Trinajstić information content (AvgIpc) is 2.46. The molecule has 0 aromatic heterocycles. The normalized spacial score (nSPS) is 14.7. The molecule has 2 amide bonds. The van der Waals surface area contributed by atoms with Crippen molar-refractivity contribution in [2.45, 2.75) is 6.92 Å². The number of halogens is 2. The third kappa shape index (κ3) is 1.34. The molecule has 0 unspecified atom stereocenters. The van der Waals surface area contributed by atoms with Crippen LogP contribution >= 0.6 is 23.2 Å². The summed E-state index contributed by atoms with van der Waals surface area (Å²) >= 11 is 11.7. The third-order valence-electron chi connectivity index (χ3n) is 2.34. The van der Waals surface area contributed by atoms with Gasteiger partial charge in [0, 0.05) is 6.54 Å². The molecule has 0 radical (unpaired) electrons. The Balaban J connectivity index is 2.72. The van der Waals surface area contributed by atoms with E-state index >= 15 is 0 Å². The van der Waals surface area contributed by atoms with Gasteiger partial charge in [0.2, 0.25) is 0 Å². The van der Waals surface area contributed by atoms with E-state index in [0.717, 1.165) is 4.90 Å². The fourth-order valence-corrected chi connectivity index (χ4v) is 2.10. The Kier molecular flexibility index (Phi) is 2.44. The van der Waals surface area contributed by atoms with Crippen molar-refractivity contribution in [2.24, 2.45) is 0 Å². The first-order valence-corrected chi connectivity index (χ1v) is 5.17. The lowest BCUT2D eigenvalue weighted by atomic mass is 10.1. The summed E-state index contributed by atoms with van der Waals surface area (Å²) in [6.45, 7) is 2.04. The number of fused-ring (bicyclic) bond motifs is 1. The number of rotatable bonds is 1.